The molecule has 19 heavy (non-hydrogen) atoms. The molecule has 0 aliphatic heterocycles. The second-order valence-electron chi connectivity index (χ2n) is 4.07. The number of halogens is 3. The molecule has 0 bridgehead atoms. The minimum absolute atomic E-state index is 0.0164. The van der Waals surface area contributed by atoms with E-state index < -0.39 is 17.7 Å². The number of benzene rings is 1. The predicted octanol–water partition coefficient (Wildman–Crippen LogP) is 3.38. The molecule has 0 aliphatic carbocycles. The van der Waals surface area contributed by atoms with Crippen molar-refractivity contribution in [1.82, 2.24) is 9.59 Å². The largest absolute Gasteiger partial charge is 0.323 e. The number of hydrogen-bond donors (Lipinski definition) is 1. The van der Waals surface area contributed by atoms with Crippen molar-refractivity contribution in [3.05, 3.63) is 44.4 Å². The van der Waals surface area contributed by atoms with Crippen LogP contribution in [0.3, 0.4) is 0 Å². The Bertz CT molecular complexity index is 588. The van der Waals surface area contributed by atoms with E-state index in [9.17, 15) is 8.78 Å². The van der Waals surface area contributed by atoms with Crippen LogP contribution in [-0.2, 0) is 12.8 Å². The standard InChI is InChI=1S/C12H12BrF2N3S/c1-2-10-12(19-18-17-10)9(16)5-6-8(14)4-3-7(13)11(6)15/h3-4,9H,2,5,16H2,1H3. The highest BCUT2D eigenvalue weighted by atomic mass is 79.9. The van der Waals surface area contributed by atoms with Crippen LogP contribution in [0.2, 0.25) is 0 Å². The van der Waals surface area contributed by atoms with Crippen LogP contribution in [0.4, 0.5) is 8.78 Å². The molecule has 0 saturated heterocycles. The van der Waals surface area contributed by atoms with E-state index >= 15 is 0 Å². The second-order valence-corrected chi connectivity index (χ2v) is 5.71. The molecule has 0 amide bonds. The Hall–Kier alpha value is -0.920. The van der Waals surface area contributed by atoms with Gasteiger partial charge in [0.25, 0.3) is 0 Å². The smallest absolute Gasteiger partial charge is 0.143 e. The molecule has 0 saturated carbocycles. The van der Waals surface area contributed by atoms with Crippen molar-refractivity contribution in [3.63, 3.8) is 0 Å². The van der Waals surface area contributed by atoms with Gasteiger partial charge in [0.05, 0.1) is 15.0 Å². The van der Waals surface area contributed by atoms with Gasteiger partial charge in [-0.05, 0) is 52.4 Å². The Morgan fingerprint density at radius 2 is 2.16 bits per heavy atom. The Morgan fingerprint density at radius 3 is 2.84 bits per heavy atom. The summed E-state index contributed by atoms with van der Waals surface area (Å²) in [7, 11) is 0. The average molecular weight is 348 g/mol. The van der Waals surface area contributed by atoms with E-state index in [1.54, 1.807) is 0 Å². The van der Waals surface area contributed by atoms with Crippen molar-refractivity contribution in [2.75, 3.05) is 0 Å². The van der Waals surface area contributed by atoms with E-state index in [2.05, 4.69) is 25.5 Å². The van der Waals surface area contributed by atoms with Crippen molar-refractivity contribution < 1.29 is 8.78 Å². The Balaban J connectivity index is 2.29. The van der Waals surface area contributed by atoms with E-state index in [1.807, 2.05) is 6.92 Å². The Kier molecular flexibility index (Phi) is 4.59. The van der Waals surface area contributed by atoms with Gasteiger partial charge in [0.15, 0.2) is 0 Å². The third-order valence-corrected chi connectivity index (χ3v) is 4.33. The molecule has 1 aromatic heterocycles. The van der Waals surface area contributed by atoms with Crippen LogP contribution in [0.1, 0.15) is 29.1 Å². The molecule has 0 spiro atoms. The lowest BCUT2D eigenvalue weighted by Gasteiger charge is -2.12. The Labute approximate surface area is 122 Å². The molecule has 0 fully saturated rings. The summed E-state index contributed by atoms with van der Waals surface area (Å²) in [6, 6.07) is 2.06. The minimum Gasteiger partial charge on any atom is -0.323 e. The first-order valence-corrected chi connectivity index (χ1v) is 7.30. The van der Waals surface area contributed by atoms with Crippen LogP contribution in [0.25, 0.3) is 0 Å². The maximum Gasteiger partial charge on any atom is 0.143 e. The van der Waals surface area contributed by atoms with Crippen molar-refractivity contribution in [2.24, 2.45) is 5.73 Å². The van der Waals surface area contributed by atoms with Crippen molar-refractivity contribution in [2.45, 2.75) is 25.8 Å². The first-order chi connectivity index (χ1) is 9.04. The van der Waals surface area contributed by atoms with Crippen LogP contribution < -0.4 is 5.73 Å². The van der Waals surface area contributed by atoms with Gasteiger partial charge in [0, 0.05) is 11.6 Å². The summed E-state index contributed by atoms with van der Waals surface area (Å²) < 4.78 is 31.6. The quantitative estimate of drug-likeness (QED) is 0.862. The molecular formula is C12H12BrF2N3S. The third-order valence-electron chi connectivity index (χ3n) is 2.82. The first-order valence-electron chi connectivity index (χ1n) is 5.73. The van der Waals surface area contributed by atoms with Gasteiger partial charge in [-0.15, -0.1) is 5.10 Å². The van der Waals surface area contributed by atoms with E-state index in [1.165, 1.54) is 23.7 Å². The third kappa shape index (κ3) is 2.98. The zero-order valence-electron chi connectivity index (χ0n) is 10.2. The molecule has 1 atom stereocenters. The van der Waals surface area contributed by atoms with Gasteiger partial charge in [-0.2, -0.15) is 0 Å². The summed E-state index contributed by atoms with van der Waals surface area (Å²) in [5.74, 6) is -1.20. The van der Waals surface area contributed by atoms with Gasteiger partial charge in [-0.25, -0.2) is 8.78 Å². The Morgan fingerprint density at radius 1 is 1.42 bits per heavy atom. The van der Waals surface area contributed by atoms with Gasteiger partial charge in [-0.1, -0.05) is 11.4 Å². The highest BCUT2D eigenvalue weighted by Gasteiger charge is 2.20. The van der Waals surface area contributed by atoms with Gasteiger partial charge < -0.3 is 5.73 Å². The zero-order valence-corrected chi connectivity index (χ0v) is 12.6. The topological polar surface area (TPSA) is 51.8 Å². The monoisotopic (exact) mass is 347 g/mol. The molecule has 2 rings (SSSR count). The van der Waals surface area contributed by atoms with E-state index in [0.717, 1.165) is 10.6 Å². The van der Waals surface area contributed by atoms with Crippen LogP contribution in [-0.4, -0.2) is 9.59 Å². The zero-order chi connectivity index (χ0) is 14.0. The minimum atomic E-state index is -0.606. The predicted molar refractivity (Wildman–Crippen MR) is 74.0 cm³/mol. The van der Waals surface area contributed by atoms with Gasteiger partial charge in [0.2, 0.25) is 0 Å². The summed E-state index contributed by atoms with van der Waals surface area (Å²) >= 11 is 4.22. The van der Waals surface area contributed by atoms with Crippen molar-refractivity contribution in [3.8, 4) is 0 Å². The summed E-state index contributed by atoms with van der Waals surface area (Å²) in [5, 5.41) is 3.95. The molecule has 1 aromatic carbocycles. The van der Waals surface area contributed by atoms with Gasteiger partial charge in [0.1, 0.15) is 11.6 Å². The molecule has 1 unspecified atom stereocenters. The summed E-state index contributed by atoms with van der Waals surface area (Å²) in [4.78, 5) is 0.779. The van der Waals surface area contributed by atoms with Crippen LogP contribution in [0.5, 0.6) is 0 Å². The normalized spacial score (nSPS) is 12.7. The molecule has 0 aliphatic rings. The van der Waals surface area contributed by atoms with Gasteiger partial charge >= 0.3 is 0 Å². The number of rotatable bonds is 4. The van der Waals surface area contributed by atoms with Crippen molar-refractivity contribution in [1.29, 1.82) is 0 Å². The van der Waals surface area contributed by atoms with Crippen LogP contribution >= 0.6 is 27.5 Å². The highest BCUT2D eigenvalue weighted by molar-refractivity contribution is 9.10. The fraction of sp³-hybridized carbons (Fsp3) is 0.333. The average Bonchev–Trinajstić information content (AvgIpc) is 2.87. The number of aryl methyl sites for hydroxylation is 1. The number of nitrogens with zero attached hydrogens (tertiary/aromatic N) is 2. The second kappa shape index (κ2) is 6.02. The fourth-order valence-electron chi connectivity index (χ4n) is 1.81. The molecule has 102 valence electrons. The molecule has 2 N–H and O–H groups in total. The SMILES string of the molecule is CCc1nnsc1C(N)Cc1c(F)ccc(Br)c1F. The molecule has 3 nitrogen and oxygen atoms in total. The molecular weight excluding hydrogens is 336 g/mol. The lowest BCUT2D eigenvalue weighted by molar-refractivity contribution is 0.536. The number of hydrogen-bond acceptors (Lipinski definition) is 4. The summed E-state index contributed by atoms with van der Waals surface area (Å²) in [6.45, 7) is 1.94. The van der Waals surface area contributed by atoms with Crippen LogP contribution in [0, 0.1) is 11.6 Å². The summed E-state index contributed by atoms with van der Waals surface area (Å²) in [6.07, 6.45) is 0.775. The summed E-state index contributed by atoms with van der Waals surface area (Å²) in [5.41, 5.74) is 6.79. The number of nitrogens with two attached hydrogens (primary N) is 1. The van der Waals surface area contributed by atoms with Gasteiger partial charge in [-0.3, -0.25) is 0 Å². The first kappa shape index (κ1) is 14.5. The molecule has 2 aromatic rings. The lowest BCUT2D eigenvalue weighted by Crippen LogP contribution is -2.15. The van der Waals surface area contributed by atoms with E-state index in [4.69, 9.17) is 5.73 Å². The fourth-order valence-corrected chi connectivity index (χ4v) is 2.92. The van der Waals surface area contributed by atoms with Crippen molar-refractivity contribution >= 4 is 27.5 Å². The molecule has 7 heteroatoms. The maximum atomic E-state index is 13.9. The number of aromatic nitrogens is 2. The maximum absolute atomic E-state index is 13.9. The van der Waals surface area contributed by atoms with Crippen LogP contribution in [0.15, 0.2) is 16.6 Å². The molecule has 1 heterocycles. The van der Waals surface area contributed by atoms with E-state index in [0.29, 0.717) is 6.42 Å². The lowest BCUT2D eigenvalue weighted by atomic mass is 10.0. The molecule has 0 radical (unpaired) electrons. The highest BCUT2D eigenvalue weighted by Crippen LogP contribution is 2.27. The van der Waals surface area contributed by atoms with E-state index in [-0.39, 0.29) is 16.5 Å².